The lowest BCUT2D eigenvalue weighted by Crippen LogP contribution is -2.20. The molecule has 7 nitrogen and oxygen atoms in total. The first-order chi connectivity index (χ1) is 14.6. The van der Waals surface area contributed by atoms with Gasteiger partial charge in [0.25, 0.3) is 5.91 Å². The molecule has 30 heavy (non-hydrogen) atoms. The SMILES string of the molecule is CCc1ccc(OCC(=O)Nc2cc(-c3nn4c(CC)nnc4s3)ccc2C)cc1. The molecule has 0 aliphatic carbocycles. The van der Waals surface area contributed by atoms with Gasteiger partial charge in [0.1, 0.15) is 10.8 Å². The third-order valence-electron chi connectivity index (χ3n) is 4.83. The third kappa shape index (κ3) is 4.18. The maximum Gasteiger partial charge on any atom is 0.262 e. The van der Waals surface area contributed by atoms with Crippen molar-refractivity contribution < 1.29 is 9.53 Å². The highest BCUT2D eigenvalue weighted by atomic mass is 32.1. The molecule has 2 aromatic carbocycles. The van der Waals surface area contributed by atoms with Crippen LogP contribution in [0, 0.1) is 6.92 Å². The second kappa shape index (κ2) is 8.62. The topological polar surface area (TPSA) is 81.4 Å². The van der Waals surface area contributed by atoms with Crippen molar-refractivity contribution in [1.29, 1.82) is 0 Å². The molecule has 8 heteroatoms. The fourth-order valence-corrected chi connectivity index (χ4v) is 3.90. The number of aryl methyl sites for hydroxylation is 3. The van der Waals surface area contributed by atoms with Crippen molar-refractivity contribution in [2.24, 2.45) is 0 Å². The van der Waals surface area contributed by atoms with Crippen molar-refractivity contribution in [2.75, 3.05) is 11.9 Å². The van der Waals surface area contributed by atoms with E-state index >= 15 is 0 Å². The molecule has 2 heterocycles. The molecule has 0 aliphatic rings. The standard InChI is InChI=1S/C22H23N5O2S/c1-4-15-7-10-17(11-8-15)29-13-20(28)23-18-12-16(9-6-14(18)3)21-26-27-19(5-2)24-25-22(27)30-21/h6-12H,4-5,13H2,1-3H3,(H,23,28). The number of nitrogens with one attached hydrogen (secondary N) is 1. The van der Waals surface area contributed by atoms with E-state index in [0.717, 1.165) is 45.4 Å². The van der Waals surface area contributed by atoms with Crippen molar-refractivity contribution in [2.45, 2.75) is 33.6 Å². The summed E-state index contributed by atoms with van der Waals surface area (Å²) < 4.78 is 7.38. The van der Waals surface area contributed by atoms with Crippen molar-refractivity contribution in [3.63, 3.8) is 0 Å². The zero-order chi connectivity index (χ0) is 21.1. The zero-order valence-corrected chi connectivity index (χ0v) is 18.0. The number of anilines is 1. The number of nitrogens with zero attached hydrogens (tertiary/aromatic N) is 4. The summed E-state index contributed by atoms with van der Waals surface area (Å²) in [7, 11) is 0. The van der Waals surface area contributed by atoms with Crippen molar-refractivity contribution in [1.82, 2.24) is 19.8 Å². The summed E-state index contributed by atoms with van der Waals surface area (Å²) in [6.07, 6.45) is 1.73. The van der Waals surface area contributed by atoms with Crippen LogP contribution in [0.1, 0.15) is 30.8 Å². The maximum absolute atomic E-state index is 12.4. The second-order valence-electron chi connectivity index (χ2n) is 6.94. The number of amides is 1. The number of carbonyl (C=O) groups excluding carboxylic acids is 1. The average molecular weight is 422 g/mol. The van der Waals surface area contributed by atoms with Gasteiger partial charge < -0.3 is 10.1 Å². The van der Waals surface area contributed by atoms with Crippen LogP contribution in [0.15, 0.2) is 42.5 Å². The third-order valence-corrected chi connectivity index (χ3v) is 5.78. The van der Waals surface area contributed by atoms with E-state index in [1.807, 2.05) is 56.3 Å². The van der Waals surface area contributed by atoms with Gasteiger partial charge >= 0.3 is 0 Å². The van der Waals surface area contributed by atoms with Crippen LogP contribution < -0.4 is 10.1 Å². The number of hydrogen-bond acceptors (Lipinski definition) is 6. The maximum atomic E-state index is 12.4. The Kier molecular flexibility index (Phi) is 5.76. The van der Waals surface area contributed by atoms with Gasteiger partial charge in [0.2, 0.25) is 4.96 Å². The smallest absolute Gasteiger partial charge is 0.262 e. The number of fused-ring (bicyclic) bond motifs is 1. The highest BCUT2D eigenvalue weighted by Gasteiger charge is 2.14. The minimum Gasteiger partial charge on any atom is -0.484 e. The summed E-state index contributed by atoms with van der Waals surface area (Å²) in [6, 6.07) is 13.7. The molecule has 0 atom stereocenters. The van der Waals surface area contributed by atoms with Crippen molar-refractivity contribution in [3.05, 3.63) is 59.4 Å². The first-order valence-electron chi connectivity index (χ1n) is 9.91. The molecule has 0 aliphatic heterocycles. The Morgan fingerprint density at radius 3 is 2.63 bits per heavy atom. The minimum absolute atomic E-state index is 0.0499. The van der Waals surface area contributed by atoms with Gasteiger partial charge in [-0.2, -0.15) is 9.61 Å². The predicted octanol–water partition coefficient (Wildman–Crippen LogP) is 4.30. The van der Waals surface area contributed by atoms with E-state index in [9.17, 15) is 4.79 Å². The summed E-state index contributed by atoms with van der Waals surface area (Å²) in [4.78, 5) is 13.2. The van der Waals surface area contributed by atoms with Crippen LogP contribution in [0.5, 0.6) is 5.75 Å². The van der Waals surface area contributed by atoms with E-state index in [0.29, 0.717) is 5.75 Å². The van der Waals surface area contributed by atoms with Gasteiger partial charge in [-0.25, -0.2) is 0 Å². The van der Waals surface area contributed by atoms with E-state index in [2.05, 4.69) is 27.5 Å². The summed E-state index contributed by atoms with van der Waals surface area (Å²) in [5.74, 6) is 1.30. The summed E-state index contributed by atoms with van der Waals surface area (Å²) in [6.45, 7) is 6.03. The number of aromatic nitrogens is 4. The Morgan fingerprint density at radius 2 is 1.90 bits per heavy atom. The van der Waals surface area contributed by atoms with Crippen molar-refractivity contribution in [3.8, 4) is 16.3 Å². The summed E-state index contributed by atoms with van der Waals surface area (Å²) in [5, 5.41) is 16.7. The first kappa shape index (κ1) is 20.0. The molecule has 4 rings (SSSR count). The lowest BCUT2D eigenvalue weighted by Gasteiger charge is -2.11. The fraction of sp³-hybridized carbons (Fsp3) is 0.273. The van der Waals surface area contributed by atoms with Crippen LogP contribution in [0.4, 0.5) is 5.69 Å². The van der Waals surface area contributed by atoms with E-state index in [4.69, 9.17) is 4.74 Å². The number of hydrogen-bond donors (Lipinski definition) is 1. The number of benzene rings is 2. The molecule has 2 aromatic heterocycles. The van der Waals surface area contributed by atoms with Crippen LogP contribution in [0.25, 0.3) is 15.5 Å². The molecule has 154 valence electrons. The molecule has 0 spiro atoms. The van der Waals surface area contributed by atoms with Crippen LogP contribution in [0.2, 0.25) is 0 Å². The summed E-state index contributed by atoms with van der Waals surface area (Å²) in [5.41, 5.74) is 3.86. The lowest BCUT2D eigenvalue weighted by atomic mass is 10.1. The Labute approximate surface area is 178 Å². The van der Waals surface area contributed by atoms with E-state index < -0.39 is 0 Å². The first-order valence-corrected chi connectivity index (χ1v) is 10.7. The Balaban J connectivity index is 1.46. The minimum atomic E-state index is -0.207. The average Bonchev–Trinajstić information content (AvgIpc) is 3.35. The van der Waals surface area contributed by atoms with Gasteiger partial charge in [0.05, 0.1) is 0 Å². The quantitative estimate of drug-likeness (QED) is 0.481. The van der Waals surface area contributed by atoms with Gasteiger partial charge in [-0.05, 0) is 42.7 Å². The van der Waals surface area contributed by atoms with E-state index in [1.54, 1.807) is 4.52 Å². The highest BCUT2D eigenvalue weighted by molar-refractivity contribution is 7.19. The summed E-state index contributed by atoms with van der Waals surface area (Å²) >= 11 is 1.47. The fourth-order valence-electron chi connectivity index (χ4n) is 3.04. The number of carbonyl (C=O) groups is 1. The number of rotatable bonds is 7. The monoisotopic (exact) mass is 421 g/mol. The molecular weight excluding hydrogens is 398 g/mol. The van der Waals surface area contributed by atoms with Crippen LogP contribution in [0.3, 0.4) is 0 Å². The highest BCUT2D eigenvalue weighted by Crippen LogP contribution is 2.29. The van der Waals surface area contributed by atoms with Crippen LogP contribution in [-0.4, -0.2) is 32.3 Å². The van der Waals surface area contributed by atoms with E-state index in [-0.39, 0.29) is 12.5 Å². The molecule has 1 N–H and O–H groups in total. The van der Waals surface area contributed by atoms with E-state index in [1.165, 1.54) is 16.9 Å². The Hall–Kier alpha value is -3.26. The molecule has 4 aromatic rings. The molecule has 0 radical (unpaired) electrons. The molecule has 0 saturated heterocycles. The lowest BCUT2D eigenvalue weighted by molar-refractivity contribution is -0.118. The molecule has 0 unspecified atom stereocenters. The molecule has 0 bridgehead atoms. The van der Waals surface area contributed by atoms with Crippen LogP contribution >= 0.6 is 11.3 Å². The number of ether oxygens (including phenoxy) is 1. The van der Waals surface area contributed by atoms with Crippen molar-refractivity contribution >= 4 is 27.9 Å². The molecule has 0 saturated carbocycles. The van der Waals surface area contributed by atoms with Gasteiger partial charge in [-0.1, -0.05) is 49.4 Å². The molecule has 0 fully saturated rings. The largest absolute Gasteiger partial charge is 0.484 e. The molecular formula is C22H23N5O2S. The van der Waals surface area contributed by atoms with Gasteiger partial charge in [0, 0.05) is 17.7 Å². The van der Waals surface area contributed by atoms with Gasteiger partial charge in [-0.15, -0.1) is 10.2 Å². The predicted molar refractivity (Wildman–Crippen MR) is 118 cm³/mol. The Morgan fingerprint density at radius 1 is 1.10 bits per heavy atom. The zero-order valence-electron chi connectivity index (χ0n) is 17.2. The Bertz CT molecular complexity index is 1180. The molecule has 1 amide bonds. The van der Waals surface area contributed by atoms with Gasteiger partial charge in [-0.3, -0.25) is 4.79 Å². The van der Waals surface area contributed by atoms with Gasteiger partial charge in [0.15, 0.2) is 12.4 Å². The normalized spacial score (nSPS) is 11.0. The van der Waals surface area contributed by atoms with Crippen LogP contribution in [-0.2, 0) is 17.6 Å². The second-order valence-corrected chi connectivity index (χ2v) is 7.89.